The third-order valence-corrected chi connectivity index (χ3v) is 1.58. The Morgan fingerprint density at radius 1 is 1.00 bits per heavy atom. The van der Waals surface area contributed by atoms with Crippen LogP contribution in [0.5, 0.6) is 0 Å². The van der Waals surface area contributed by atoms with Crippen LogP contribution in [0.2, 0.25) is 0 Å². The van der Waals surface area contributed by atoms with Crippen LogP contribution in [0.25, 0.3) is 0 Å². The summed E-state index contributed by atoms with van der Waals surface area (Å²) in [6.07, 6.45) is 0. The van der Waals surface area contributed by atoms with Crippen molar-refractivity contribution in [3.8, 4) is 0 Å². The predicted molar refractivity (Wildman–Crippen MR) is 32.7 cm³/mol. The van der Waals surface area contributed by atoms with Gasteiger partial charge in [-0.25, -0.2) is 8.78 Å². The molecular weight excluding hydrogens is 176 g/mol. The molecule has 12 heavy (non-hydrogen) atoms. The third kappa shape index (κ3) is 1.05. The van der Waals surface area contributed by atoms with Crippen LogP contribution in [0.1, 0.15) is 6.92 Å². The summed E-state index contributed by atoms with van der Waals surface area (Å²) in [6, 6.07) is 0. The monoisotopic (exact) mass is 180 g/mol. The molecule has 0 aromatic rings. The molecule has 1 aliphatic carbocycles. The Kier molecular flexibility index (Phi) is 2.04. The van der Waals surface area contributed by atoms with E-state index in [9.17, 15) is 22.4 Å². The van der Waals surface area contributed by atoms with Gasteiger partial charge in [0.2, 0.25) is 11.7 Å². The van der Waals surface area contributed by atoms with Crippen LogP contribution < -0.4 is 0 Å². The topological polar surface area (TPSA) is 17.1 Å². The number of hydrogen-bond donors (Lipinski definition) is 0. The minimum Gasteiger partial charge on any atom is -0.283 e. The zero-order chi connectivity index (χ0) is 9.46. The molecule has 0 saturated heterocycles. The standard InChI is InChI=1S/C7H4F4O/c1-2-3(8)5(10)7(12)6(11)4(2)9/h2H,1H3. The van der Waals surface area contributed by atoms with Gasteiger partial charge in [0.25, 0.3) is 5.78 Å². The summed E-state index contributed by atoms with van der Waals surface area (Å²) in [5, 5.41) is 0. The van der Waals surface area contributed by atoms with Crippen molar-refractivity contribution >= 4 is 5.78 Å². The number of carbonyl (C=O) groups excluding carboxylic acids is 1. The van der Waals surface area contributed by atoms with Crippen molar-refractivity contribution in [1.82, 2.24) is 0 Å². The zero-order valence-corrected chi connectivity index (χ0v) is 6.00. The van der Waals surface area contributed by atoms with E-state index in [0.29, 0.717) is 0 Å². The van der Waals surface area contributed by atoms with Gasteiger partial charge in [-0.05, 0) is 6.92 Å². The largest absolute Gasteiger partial charge is 0.283 e. The molecule has 0 N–H and O–H groups in total. The van der Waals surface area contributed by atoms with Gasteiger partial charge in [-0.3, -0.25) is 4.79 Å². The van der Waals surface area contributed by atoms with Crippen LogP contribution in [0.15, 0.2) is 23.3 Å². The van der Waals surface area contributed by atoms with Crippen LogP contribution in [0.3, 0.4) is 0 Å². The molecule has 1 rings (SSSR count). The number of ketones is 1. The van der Waals surface area contributed by atoms with Crippen molar-refractivity contribution in [1.29, 1.82) is 0 Å². The Labute approximate surface area is 65.4 Å². The predicted octanol–water partition coefficient (Wildman–Crippen LogP) is 2.51. The number of allylic oxidation sites excluding steroid dienone is 4. The van der Waals surface area contributed by atoms with Crippen LogP contribution in [-0.2, 0) is 4.79 Å². The fourth-order valence-corrected chi connectivity index (χ4v) is 0.805. The lowest BCUT2D eigenvalue weighted by molar-refractivity contribution is -0.115. The van der Waals surface area contributed by atoms with Gasteiger partial charge in [0.05, 0.1) is 5.92 Å². The maximum atomic E-state index is 12.5. The number of carbonyl (C=O) groups is 1. The van der Waals surface area contributed by atoms with Gasteiger partial charge in [-0.1, -0.05) is 0 Å². The molecule has 0 radical (unpaired) electrons. The van der Waals surface area contributed by atoms with Crippen molar-refractivity contribution < 1.29 is 22.4 Å². The van der Waals surface area contributed by atoms with Gasteiger partial charge in [0, 0.05) is 0 Å². The van der Waals surface area contributed by atoms with Crippen LogP contribution in [-0.4, -0.2) is 5.78 Å². The van der Waals surface area contributed by atoms with Crippen molar-refractivity contribution in [3.05, 3.63) is 23.3 Å². The molecule has 1 aliphatic rings. The molecule has 0 unspecified atom stereocenters. The lowest BCUT2D eigenvalue weighted by Gasteiger charge is -2.12. The number of rotatable bonds is 0. The lowest BCUT2D eigenvalue weighted by Crippen LogP contribution is -2.14. The molecule has 0 aromatic heterocycles. The third-order valence-electron chi connectivity index (χ3n) is 1.58. The van der Waals surface area contributed by atoms with E-state index in [2.05, 4.69) is 0 Å². The van der Waals surface area contributed by atoms with Crippen molar-refractivity contribution in [2.75, 3.05) is 0 Å². The Hall–Kier alpha value is -1.13. The molecule has 0 fully saturated rings. The van der Waals surface area contributed by atoms with Gasteiger partial charge in [-0.2, -0.15) is 8.78 Å². The average Bonchev–Trinajstić information content (AvgIpc) is 2.08. The van der Waals surface area contributed by atoms with Gasteiger partial charge in [-0.15, -0.1) is 0 Å². The Bertz CT molecular complexity index is 275. The molecule has 0 aromatic carbocycles. The fraction of sp³-hybridized carbons (Fsp3) is 0.286. The molecule has 0 aliphatic heterocycles. The highest BCUT2D eigenvalue weighted by Gasteiger charge is 2.35. The normalized spacial score (nSPS) is 20.9. The SMILES string of the molecule is CC1C(F)=C(F)C(=O)C(F)=C1F. The molecule has 1 nitrogen and oxygen atoms in total. The Morgan fingerprint density at radius 2 is 1.33 bits per heavy atom. The molecule has 5 heteroatoms. The summed E-state index contributed by atoms with van der Waals surface area (Å²) in [6.45, 7) is 0.927. The molecule has 0 heterocycles. The summed E-state index contributed by atoms with van der Waals surface area (Å²) in [5.41, 5.74) is 0. The van der Waals surface area contributed by atoms with Crippen molar-refractivity contribution in [2.24, 2.45) is 5.92 Å². The highest BCUT2D eigenvalue weighted by atomic mass is 19.2. The highest BCUT2D eigenvalue weighted by Crippen LogP contribution is 2.35. The minimum atomic E-state index is -1.86. The Balaban J connectivity index is 3.22. The van der Waals surface area contributed by atoms with E-state index in [-0.39, 0.29) is 0 Å². The zero-order valence-electron chi connectivity index (χ0n) is 6.00. The smallest absolute Gasteiger partial charge is 0.255 e. The molecule has 0 amide bonds. The highest BCUT2D eigenvalue weighted by molar-refractivity contribution is 6.06. The van der Waals surface area contributed by atoms with E-state index >= 15 is 0 Å². The molecular formula is C7H4F4O. The summed E-state index contributed by atoms with van der Waals surface area (Å²) >= 11 is 0. The van der Waals surface area contributed by atoms with Crippen molar-refractivity contribution in [2.45, 2.75) is 6.92 Å². The maximum Gasteiger partial charge on any atom is 0.255 e. The van der Waals surface area contributed by atoms with Crippen LogP contribution >= 0.6 is 0 Å². The van der Waals surface area contributed by atoms with E-state index < -0.39 is 35.0 Å². The van der Waals surface area contributed by atoms with E-state index in [0.717, 1.165) is 6.92 Å². The van der Waals surface area contributed by atoms with E-state index in [1.54, 1.807) is 0 Å². The summed E-state index contributed by atoms with van der Waals surface area (Å²) in [5.74, 6) is -10.3. The van der Waals surface area contributed by atoms with Gasteiger partial charge >= 0.3 is 0 Å². The lowest BCUT2D eigenvalue weighted by atomic mass is 10.0. The number of halogens is 4. The van der Waals surface area contributed by atoms with E-state index in [4.69, 9.17) is 0 Å². The minimum absolute atomic E-state index is 0.927. The van der Waals surface area contributed by atoms with Crippen molar-refractivity contribution in [3.63, 3.8) is 0 Å². The molecule has 66 valence electrons. The maximum absolute atomic E-state index is 12.5. The average molecular weight is 180 g/mol. The van der Waals surface area contributed by atoms with Crippen LogP contribution in [0, 0.1) is 5.92 Å². The Morgan fingerprint density at radius 3 is 1.67 bits per heavy atom. The van der Waals surface area contributed by atoms with Gasteiger partial charge in [0.15, 0.2) is 0 Å². The first-order valence-corrected chi connectivity index (χ1v) is 3.11. The second kappa shape index (κ2) is 2.73. The van der Waals surface area contributed by atoms with E-state index in [1.165, 1.54) is 0 Å². The fourth-order valence-electron chi connectivity index (χ4n) is 0.805. The first-order valence-electron chi connectivity index (χ1n) is 3.11. The summed E-state index contributed by atoms with van der Waals surface area (Å²) < 4.78 is 49.7. The van der Waals surface area contributed by atoms with E-state index in [1.807, 2.05) is 0 Å². The second-order valence-electron chi connectivity index (χ2n) is 2.37. The molecule has 0 bridgehead atoms. The van der Waals surface area contributed by atoms with Gasteiger partial charge < -0.3 is 0 Å². The number of Topliss-reactive ketones (excluding diaryl/α,β-unsaturated/α-hetero) is 1. The van der Waals surface area contributed by atoms with Crippen LogP contribution in [0.4, 0.5) is 17.6 Å². The first kappa shape index (κ1) is 8.96. The van der Waals surface area contributed by atoms with Gasteiger partial charge in [0.1, 0.15) is 11.7 Å². The molecule has 0 atom stereocenters. The first-order chi connectivity index (χ1) is 5.46. The number of hydrogen-bond acceptors (Lipinski definition) is 1. The summed E-state index contributed by atoms with van der Waals surface area (Å²) in [7, 11) is 0. The quantitative estimate of drug-likeness (QED) is 0.523. The molecule has 0 saturated carbocycles. The summed E-state index contributed by atoms with van der Waals surface area (Å²) in [4.78, 5) is 10.3. The molecule has 0 spiro atoms. The second-order valence-corrected chi connectivity index (χ2v) is 2.37.